The number of benzene rings is 2. The number of fused-ring (bicyclic) bond motifs is 1. The molecule has 0 aliphatic carbocycles. The maximum Gasteiger partial charge on any atom is 0.273 e. The number of ether oxygens (including phenoxy) is 3. The van der Waals surface area contributed by atoms with Crippen LogP contribution in [0, 0.1) is 10.1 Å². The molecule has 0 fully saturated rings. The molecule has 0 spiro atoms. The first-order valence-electron chi connectivity index (χ1n) is 7.28. The van der Waals surface area contributed by atoms with Gasteiger partial charge < -0.3 is 19.5 Å². The smallest absolute Gasteiger partial charge is 0.273 e. The number of rotatable bonds is 5. The van der Waals surface area contributed by atoms with Gasteiger partial charge in [-0.05, 0) is 29.8 Å². The maximum absolute atomic E-state index is 12.1. The molecule has 128 valence electrons. The molecular formula is C17H14N2O6. The van der Waals surface area contributed by atoms with Crippen LogP contribution in [0.1, 0.15) is 5.56 Å². The third kappa shape index (κ3) is 3.69. The zero-order chi connectivity index (χ0) is 17.8. The van der Waals surface area contributed by atoms with Crippen molar-refractivity contribution in [2.24, 2.45) is 0 Å². The summed E-state index contributed by atoms with van der Waals surface area (Å²) in [6.07, 6.45) is 2.97. The summed E-state index contributed by atoms with van der Waals surface area (Å²) in [4.78, 5) is 22.3. The van der Waals surface area contributed by atoms with Crippen molar-refractivity contribution >= 4 is 23.4 Å². The summed E-state index contributed by atoms with van der Waals surface area (Å²) in [6, 6.07) is 9.28. The van der Waals surface area contributed by atoms with E-state index in [1.54, 1.807) is 24.3 Å². The second kappa shape index (κ2) is 6.91. The SMILES string of the molecule is COc1cc([N+](=O)[O-])ccc1NC(=O)/C=C/c1ccc2c(c1)OCO2. The van der Waals surface area contributed by atoms with Crippen molar-refractivity contribution in [3.8, 4) is 17.2 Å². The number of nitro groups is 1. The van der Waals surface area contributed by atoms with E-state index in [1.165, 1.54) is 31.4 Å². The lowest BCUT2D eigenvalue weighted by molar-refractivity contribution is -0.384. The molecule has 0 aromatic heterocycles. The highest BCUT2D eigenvalue weighted by atomic mass is 16.7. The lowest BCUT2D eigenvalue weighted by Crippen LogP contribution is -2.09. The van der Waals surface area contributed by atoms with Crippen molar-refractivity contribution in [2.45, 2.75) is 0 Å². The molecule has 25 heavy (non-hydrogen) atoms. The zero-order valence-corrected chi connectivity index (χ0v) is 13.2. The van der Waals surface area contributed by atoms with Gasteiger partial charge in [0.15, 0.2) is 11.5 Å². The van der Waals surface area contributed by atoms with Crippen LogP contribution in [0.25, 0.3) is 6.08 Å². The molecule has 3 rings (SSSR count). The van der Waals surface area contributed by atoms with Crippen LogP contribution < -0.4 is 19.5 Å². The standard InChI is InChI=1S/C17H14N2O6/c1-23-15-9-12(19(21)22)4-5-13(15)18-17(20)7-3-11-2-6-14-16(8-11)25-10-24-14/h2-9H,10H2,1H3,(H,18,20)/b7-3+. The van der Waals surface area contributed by atoms with Crippen LogP contribution in [0.3, 0.4) is 0 Å². The van der Waals surface area contributed by atoms with E-state index in [-0.39, 0.29) is 18.2 Å². The average Bonchev–Trinajstić information content (AvgIpc) is 3.07. The first-order chi connectivity index (χ1) is 12.1. The summed E-state index contributed by atoms with van der Waals surface area (Å²) in [5.41, 5.74) is 0.995. The fourth-order valence-electron chi connectivity index (χ4n) is 2.26. The van der Waals surface area contributed by atoms with Crippen LogP contribution in [-0.2, 0) is 4.79 Å². The number of methoxy groups -OCH3 is 1. The molecule has 1 heterocycles. The molecule has 0 saturated carbocycles. The number of non-ortho nitro benzene ring substituents is 1. The van der Waals surface area contributed by atoms with Gasteiger partial charge in [0.05, 0.1) is 23.8 Å². The van der Waals surface area contributed by atoms with Gasteiger partial charge in [-0.2, -0.15) is 0 Å². The van der Waals surface area contributed by atoms with E-state index >= 15 is 0 Å². The van der Waals surface area contributed by atoms with Gasteiger partial charge in [-0.3, -0.25) is 14.9 Å². The minimum atomic E-state index is -0.534. The van der Waals surface area contributed by atoms with Crippen molar-refractivity contribution in [3.63, 3.8) is 0 Å². The van der Waals surface area contributed by atoms with Crippen molar-refractivity contribution in [1.29, 1.82) is 0 Å². The van der Waals surface area contributed by atoms with Gasteiger partial charge in [0.2, 0.25) is 12.7 Å². The van der Waals surface area contributed by atoms with Crippen LogP contribution in [0.4, 0.5) is 11.4 Å². The molecule has 0 saturated heterocycles. The van der Waals surface area contributed by atoms with Gasteiger partial charge in [-0.15, -0.1) is 0 Å². The number of amides is 1. The predicted molar refractivity (Wildman–Crippen MR) is 89.9 cm³/mol. The van der Waals surface area contributed by atoms with Crippen molar-refractivity contribution in [2.75, 3.05) is 19.2 Å². The number of carbonyl (C=O) groups excluding carboxylic acids is 1. The molecule has 0 bridgehead atoms. The lowest BCUT2D eigenvalue weighted by atomic mass is 10.2. The fraction of sp³-hybridized carbons (Fsp3) is 0.118. The molecule has 8 nitrogen and oxygen atoms in total. The van der Waals surface area contributed by atoms with E-state index in [1.807, 2.05) is 0 Å². The number of anilines is 1. The minimum Gasteiger partial charge on any atom is -0.494 e. The highest BCUT2D eigenvalue weighted by molar-refractivity contribution is 6.02. The third-order valence-electron chi connectivity index (χ3n) is 3.48. The molecule has 1 amide bonds. The second-order valence-corrected chi connectivity index (χ2v) is 5.08. The number of nitrogens with zero attached hydrogens (tertiary/aromatic N) is 1. The molecule has 2 aromatic carbocycles. The van der Waals surface area contributed by atoms with E-state index in [0.717, 1.165) is 5.56 Å². The Hall–Kier alpha value is -3.55. The normalized spacial score (nSPS) is 12.2. The predicted octanol–water partition coefficient (Wildman–Crippen LogP) is 2.98. The topological polar surface area (TPSA) is 99.9 Å². The molecule has 0 radical (unpaired) electrons. The summed E-state index contributed by atoms with van der Waals surface area (Å²) < 4.78 is 15.6. The van der Waals surface area contributed by atoms with E-state index in [2.05, 4.69) is 5.32 Å². The van der Waals surface area contributed by atoms with Gasteiger partial charge in [-0.1, -0.05) is 6.07 Å². The van der Waals surface area contributed by atoms with Gasteiger partial charge >= 0.3 is 0 Å². The quantitative estimate of drug-likeness (QED) is 0.509. The monoisotopic (exact) mass is 342 g/mol. The lowest BCUT2D eigenvalue weighted by Gasteiger charge is -2.08. The second-order valence-electron chi connectivity index (χ2n) is 5.08. The highest BCUT2D eigenvalue weighted by Crippen LogP contribution is 2.33. The van der Waals surface area contributed by atoms with E-state index in [4.69, 9.17) is 14.2 Å². The van der Waals surface area contributed by atoms with Crippen LogP contribution in [-0.4, -0.2) is 24.7 Å². The zero-order valence-electron chi connectivity index (χ0n) is 13.2. The van der Waals surface area contributed by atoms with Crippen molar-refractivity contribution in [1.82, 2.24) is 0 Å². The number of hydrogen-bond donors (Lipinski definition) is 1. The van der Waals surface area contributed by atoms with Crippen molar-refractivity contribution < 1.29 is 23.9 Å². The molecule has 2 aromatic rings. The van der Waals surface area contributed by atoms with E-state index in [0.29, 0.717) is 17.2 Å². The summed E-state index contributed by atoms with van der Waals surface area (Å²) in [5, 5.41) is 13.4. The summed E-state index contributed by atoms with van der Waals surface area (Å²) in [6.45, 7) is 0.183. The summed E-state index contributed by atoms with van der Waals surface area (Å²) in [5.74, 6) is 1.10. The summed E-state index contributed by atoms with van der Waals surface area (Å²) >= 11 is 0. The molecule has 1 N–H and O–H groups in total. The molecule has 1 aliphatic heterocycles. The minimum absolute atomic E-state index is 0.120. The Morgan fingerprint density at radius 3 is 2.80 bits per heavy atom. The first kappa shape index (κ1) is 16.3. The van der Waals surface area contributed by atoms with Crippen LogP contribution >= 0.6 is 0 Å². The number of hydrogen-bond acceptors (Lipinski definition) is 6. The number of carbonyl (C=O) groups is 1. The molecule has 0 unspecified atom stereocenters. The maximum atomic E-state index is 12.1. The number of nitro benzene ring substituents is 1. The largest absolute Gasteiger partial charge is 0.494 e. The average molecular weight is 342 g/mol. The Bertz CT molecular complexity index is 862. The van der Waals surface area contributed by atoms with Gasteiger partial charge in [0.1, 0.15) is 5.75 Å². The Kier molecular flexibility index (Phi) is 4.51. The van der Waals surface area contributed by atoms with Crippen LogP contribution in [0.5, 0.6) is 17.2 Å². The molecule has 8 heteroatoms. The Labute approximate surface area is 142 Å². The molecular weight excluding hydrogens is 328 g/mol. The number of nitrogens with one attached hydrogen (secondary N) is 1. The Morgan fingerprint density at radius 1 is 1.24 bits per heavy atom. The third-order valence-corrected chi connectivity index (χ3v) is 3.48. The Morgan fingerprint density at radius 2 is 2.04 bits per heavy atom. The molecule has 0 atom stereocenters. The van der Waals surface area contributed by atoms with Crippen LogP contribution in [0.2, 0.25) is 0 Å². The van der Waals surface area contributed by atoms with Gasteiger partial charge in [-0.25, -0.2) is 0 Å². The van der Waals surface area contributed by atoms with E-state index < -0.39 is 10.8 Å². The Balaban J connectivity index is 1.71. The summed E-state index contributed by atoms with van der Waals surface area (Å²) in [7, 11) is 1.37. The van der Waals surface area contributed by atoms with Gasteiger partial charge in [0.25, 0.3) is 5.69 Å². The first-order valence-corrected chi connectivity index (χ1v) is 7.28. The fourth-order valence-corrected chi connectivity index (χ4v) is 2.26. The van der Waals surface area contributed by atoms with Crippen molar-refractivity contribution in [3.05, 3.63) is 58.2 Å². The van der Waals surface area contributed by atoms with Gasteiger partial charge in [0, 0.05) is 12.1 Å². The molecule has 1 aliphatic rings. The van der Waals surface area contributed by atoms with Crippen LogP contribution in [0.15, 0.2) is 42.5 Å². The highest BCUT2D eigenvalue weighted by Gasteiger charge is 2.14. The van der Waals surface area contributed by atoms with E-state index in [9.17, 15) is 14.9 Å².